The van der Waals surface area contributed by atoms with Crippen LogP contribution in [0.25, 0.3) is 0 Å². The molecule has 21 heavy (non-hydrogen) atoms. The van der Waals surface area contributed by atoms with E-state index < -0.39 is 12.0 Å². The molecule has 0 saturated carbocycles. The normalized spacial score (nSPS) is 23.5. The van der Waals surface area contributed by atoms with E-state index in [9.17, 15) is 14.4 Å². The Hall–Kier alpha value is -1.97. The minimum absolute atomic E-state index is 0.0505. The number of hydrogen-bond acceptors (Lipinski definition) is 3. The van der Waals surface area contributed by atoms with E-state index in [0.29, 0.717) is 6.54 Å². The van der Waals surface area contributed by atoms with E-state index in [1.807, 2.05) is 44.2 Å². The van der Waals surface area contributed by atoms with E-state index in [-0.39, 0.29) is 23.4 Å². The number of amides is 1. The van der Waals surface area contributed by atoms with Gasteiger partial charge in [0.2, 0.25) is 5.91 Å². The molecule has 1 amide bonds. The highest BCUT2D eigenvalue weighted by molar-refractivity contribution is 6.23. The van der Waals surface area contributed by atoms with Gasteiger partial charge in [-0.1, -0.05) is 50.6 Å². The first kappa shape index (κ1) is 15.4. The third kappa shape index (κ3) is 2.89. The summed E-state index contributed by atoms with van der Waals surface area (Å²) in [6.07, 6.45) is 0.791. The maximum atomic E-state index is 12.5. The molecule has 0 radical (unpaired) electrons. The van der Waals surface area contributed by atoms with Crippen LogP contribution in [0.2, 0.25) is 0 Å². The standard InChI is InChI=1S/C17H21NO3/c1-4-11(2)15-16(20)14(12(3)19)17(21)18(15)10-13-8-6-5-7-9-13/h5-9,11,14-15H,4,10H2,1-3H3/t11?,14?,15-/m0/s1. The van der Waals surface area contributed by atoms with Gasteiger partial charge in [-0.05, 0) is 18.4 Å². The average molecular weight is 287 g/mol. The fourth-order valence-corrected chi connectivity index (χ4v) is 2.89. The zero-order valence-corrected chi connectivity index (χ0v) is 12.7. The minimum atomic E-state index is -1.10. The second-order valence-electron chi connectivity index (χ2n) is 5.73. The molecule has 1 saturated heterocycles. The highest BCUT2D eigenvalue weighted by atomic mass is 16.2. The molecule has 1 aliphatic rings. The summed E-state index contributed by atoms with van der Waals surface area (Å²) in [4.78, 5) is 38.2. The molecule has 0 aliphatic carbocycles. The van der Waals surface area contributed by atoms with Crippen molar-refractivity contribution < 1.29 is 14.4 Å². The molecule has 2 unspecified atom stereocenters. The molecule has 0 bridgehead atoms. The number of Topliss-reactive ketones (excluding diaryl/α,β-unsaturated/α-hetero) is 2. The SMILES string of the molecule is CCC(C)[C@H]1C(=O)C(C(C)=O)C(=O)N1Cc1ccccc1. The van der Waals surface area contributed by atoms with Crippen LogP contribution in [0, 0.1) is 11.8 Å². The number of benzene rings is 1. The lowest BCUT2D eigenvalue weighted by Crippen LogP contribution is -2.39. The predicted octanol–water partition coefficient (Wildman–Crippen LogP) is 2.22. The van der Waals surface area contributed by atoms with Crippen LogP contribution in [0.4, 0.5) is 0 Å². The van der Waals surface area contributed by atoms with Crippen molar-refractivity contribution in [2.24, 2.45) is 11.8 Å². The van der Waals surface area contributed by atoms with Crippen LogP contribution in [0.5, 0.6) is 0 Å². The molecule has 0 aromatic heterocycles. The van der Waals surface area contributed by atoms with Crippen LogP contribution < -0.4 is 0 Å². The first-order valence-electron chi connectivity index (χ1n) is 7.36. The fraction of sp³-hybridized carbons (Fsp3) is 0.471. The molecule has 0 spiro atoms. The summed E-state index contributed by atoms with van der Waals surface area (Å²) >= 11 is 0. The first-order chi connectivity index (χ1) is 9.97. The van der Waals surface area contributed by atoms with E-state index >= 15 is 0 Å². The zero-order valence-electron chi connectivity index (χ0n) is 12.7. The summed E-state index contributed by atoms with van der Waals surface area (Å²) in [6, 6.07) is 9.07. The summed E-state index contributed by atoms with van der Waals surface area (Å²) in [5, 5.41) is 0. The van der Waals surface area contributed by atoms with Crippen molar-refractivity contribution in [3.63, 3.8) is 0 Å². The van der Waals surface area contributed by atoms with Gasteiger partial charge in [0, 0.05) is 6.54 Å². The van der Waals surface area contributed by atoms with Gasteiger partial charge in [0.15, 0.2) is 11.7 Å². The van der Waals surface area contributed by atoms with Gasteiger partial charge in [-0.15, -0.1) is 0 Å². The molecule has 1 aromatic rings. The van der Waals surface area contributed by atoms with Crippen molar-refractivity contribution in [1.82, 2.24) is 4.90 Å². The van der Waals surface area contributed by atoms with Crippen molar-refractivity contribution in [1.29, 1.82) is 0 Å². The van der Waals surface area contributed by atoms with Gasteiger partial charge in [-0.25, -0.2) is 0 Å². The Morgan fingerprint density at radius 3 is 2.38 bits per heavy atom. The smallest absolute Gasteiger partial charge is 0.241 e. The highest BCUT2D eigenvalue weighted by Crippen LogP contribution is 2.30. The lowest BCUT2D eigenvalue weighted by Gasteiger charge is -2.27. The summed E-state index contributed by atoms with van der Waals surface area (Å²) in [6.45, 7) is 5.64. The number of carbonyl (C=O) groups excluding carboxylic acids is 3. The lowest BCUT2D eigenvalue weighted by molar-refractivity contribution is -0.138. The Kier molecular flexibility index (Phi) is 4.56. The predicted molar refractivity (Wildman–Crippen MR) is 79.4 cm³/mol. The van der Waals surface area contributed by atoms with E-state index in [2.05, 4.69) is 0 Å². The van der Waals surface area contributed by atoms with E-state index in [1.165, 1.54) is 6.92 Å². The average Bonchev–Trinajstić information content (AvgIpc) is 2.70. The molecular formula is C17H21NO3. The molecular weight excluding hydrogens is 266 g/mol. The quantitative estimate of drug-likeness (QED) is 0.780. The van der Waals surface area contributed by atoms with Gasteiger partial charge >= 0.3 is 0 Å². The van der Waals surface area contributed by atoms with Crippen molar-refractivity contribution in [2.45, 2.75) is 39.8 Å². The molecule has 1 heterocycles. The zero-order chi connectivity index (χ0) is 15.6. The minimum Gasteiger partial charge on any atom is -0.327 e. The van der Waals surface area contributed by atoms with Crippen molar-refractivity contribution in [2.75, 3.05) is 0 Å². The van der Waals surface area contributed by atoms with Crippen LogP contribution in [-0.2, 0) is 20.9 Å². The lowest BCUT2D eigenvalue weighted by atomic mass is 9.91. The monoisotopic (exact) mass is 287 g/mol. The molecule has 1 aliphatic heterocycles. The van der Waals surface area contributed by atoms with E-state index in [0.717, 1.165) is 12.0 Å². The fourth-order valence-electron chi connectivity index (χ4n) is 2.89. The summed E-state index contributed by atoms with van der Waals surface area (Å²) in [5.41, 5.74) is 0.969. The molecule has 0 N–H and O–H groups in total. The molecule has 112 valence electrons. The van der Waals surface area contributed by atoms with Gasteiger partial charge in [0.1, 0.15) is 5.78 Å². The van der Waals surface area contributed by atoms with Crippen LogP contribution in [0.1, 0.15) is 32.8 Å². The van der Waals surface area contributed by atoms with Gasteiger partial charge < -0.3 is 4.90 Å². The van der Waals surface area contributed by atoms with Gasteiger partial charge in [0.25, 0.3) is 0 Å². The van der Waals surface area contributed by atoms with Crippen molar-refractivity contribution in [3.05, 3.63) is 35.9 Å². The number of carbonyl (C=O) groups is 3. The Balaban J connectivity index is 2.33. The number of nitrogens with zero attached hydrogens (tertiary/aromatic N) is 1. The second kappa shape index (κ2) is 6.20. The Morgan fingerprint density at radius 1 is 1.24 bits per heavy atom. The summed E-state index contributed by atoms with van der Waals surface area (Å²) in [7, 11) is 0. The molecule has 4 nitrogen and oxygen atoms in total. The van der Waals surface area contributed by atoms with Crippen LogP contribution >= 0.6 is 0 Å². The summed E-state index contributed by atoms with van der Waals surface area (Å²) < 4.78 is 0. The number of rotatable bonds is 5. The maximum absolute atomic E-state index is 12.5. The molecule has 1 aromatic carbocycles. The third-order valence-electron chi connectivity index (χ3n) is 4.23. The Morgan fingerprint density at radius 2 is 1.86 bits per heavy atom. The molecule has 4 heteroatoms. The van der Waals surface area contributed by atoms with Gasteiger partial charge in [-0.3, -0.25) is 14.4 Å². The largest absolute Gasteiger partial charge is 0.327 e. The van der Waals surface area contributed by atoms with Crippen LogP contribution in [0.15, 0.2) is 30.3 Å². The highest BCUT2D eigenvalue weighted by Gasteiger charge is 2.50. The number of hydrogen-bond donors (Lipinski definition) is 0. The second-order valence-corrected chi connectivity index (χ2v) is 5.73. The van der Waals surface area contributed by atoms with Gasteiger partial charge in [-0.2, -0.15) is 0 Å². The Bertz CT molecular complexity index is 552. The maximum Gasteiger partial charge on any atom is 0.241 e. The first-order valence-corrected chi connectivity index (χ1v) is 7.36. The molecule has 1 fully saturated rings. The van der Waals surface area contributed by atoms with Crippen molar-refractivity contribution >= 4 is 17.5 Å². The number of ketones is 2. The number of likely N-dealkylation sites (tertiary alicyclic amines) is 1. The molecule has 2 rings (SSSR count). The van der Waals surface area contributed by atoms with E-state index in [4.69, 9.17) is 0 Å². The van der Waals surface area contributed by atoms with Crippen LogP contribution in [0.3, 0.4) is 0 Å². The third-order valence-corrected chi connectivity index (χ3v) is 4.23. The summed E-state index contributed by atoms with van der Waals surface area (Å²) in [5.74, 6) is -1.99. The molecule has 3 atom stereocenters. The van der Waals surface area contributed by atoms with Crippen molar-refractivity contribution in [3.8, 4) is 0 Å². The Labute approximate surface area is 125 Å². The van der Waals surface area contributed by atoms with Crippen LogP contribution in [-0.4, -0.2) is 28.4 Å². The van der Waals surface area contributed by atoms with E-state index in [1.54, 1.807) is 4.90 Å². The van der Waals surface area contributed by atoms with Gasteiger partial charge in [0.05, 0.1) is 6.04 Å². The topological polar surface area (TPSA) is 54.5 Å².